The lowest BCUT2D eigenvalue weighted by atomic mass is 10.1. The molecule has 0 spiro atoms. The summed E-state index contributed by atoms with van der Waals surface area (Å²) in [5.74, 6) is -0.926. The van der Waals surface area contributed by atoms with Gasteiger partial charge in [0.15, 0.2) is 0 Å². The Morgan fingerprint density at radius 3 is 2.58 bits per heavy atom. The maximum Gasteiger partial charge on any atom is 0.274 e. The maximum absolute atomic E-state index is 13.7. The van der Waals surface area contributed by atoms with Gasteiger partial charge in [-0.15, -0.1) is 0 Å². The van der Waals surface area contributed by atoms with Crippen molar-refractivity contribution in [1.29, 1.82) is 0 Å². The van der Waals surface area contributed by atoms with Crippen LogP contribution in [0.3, 0.4) is 0 Å². The van der Waals surface area contributed by atoms with Gasteiger partial charge in [0.1, 0.15) is 11.7 Å². The number of aromatic nitrogens is 2. The first-order valence-corrected chi connectivity index (χ1v) is 12.4. The largest absolute Gasteiger partial charge is 0.323 e. The van der Waals surface area contributed by atoms with Crippen molar-refractivity contribution in [3.05, 3.63) is 118 Å². The molecule has 0 radical (unpaired) electrons. The molecule has 1 atom stereocenters. The van der Waals surface area contributed by atoms with Crippen molar-refractivity contribution in [2.75, 3.05) is 10.6 Å². The monoisotopic (exact) mass is 525 g/mol. The van der Waals surface area contributed by atoms with E-state index in [-0.39, 0.29) is 30.7 Å². The lowest BCUT2D eigenvalue weighted by Gasteiger charge is -2.28. The molecule has 1 aliphatic rings. The summed E-state index contributed by atoms with van der Waals surface area (Å²) in [5, 5.41) is 6.12. The molecule has 0 fully saturated rings. The topological polar surface area (TPSA) is 104 Å². The smallest absolute Gasteiger partial charge is 0.274 e. The lowest BCUT2D eigenvalue weighted by Crippen LogP contribution is -2.46. The zero-order valence-electron chi connectivity index (χ0n) is 20.5. The Bertz CT molecular complexity index is 1510. The summed E-state index contributed by atoms with van der Waals surface area (Å²) >= 11 is 6.14. The van der Waals surface area contributed by atoms with Gasteiger partial charge in [-0.25, -0.2) is 4.98 Å². The van der Waals surface area contributed by atoms with Crippen LogP contribution in [-0.4, -0.2) is 38.6 Å². The van der Waals surface area contributed by atoms with E-state index in [0.717, 1.165) is 11.3 Å². The van der Waals surface area contributed by atoms with Crippen molar-refractivity contribution < 1.29 is 14.4 Å². The van der Waals surface area contributed by atoms with Gasteiger partial charge in [-0.2, -0.15) is 0 Å². The molecule has 0 bridgehead atoms. The second-order valence-electron chi connectivity index (χ2n) is 8.97. The van der Waals surface area contributed by atoms with Crippen LogP contribution in [0.25, 0.3) is 0 Å². The van der Waals surface area contributed by atoms with Gasteiger partial charge in [0, 0.05) is 41.3 Å². The average molecular weight is 526 g/mol. The summed E-state index contributed by atoms with van der Waals surface area (Å²) in [5.41, 5.74) is 3.89. The summed E-state index contributed by atoms with van der Waals surface area (Å²) < 4.78 is 0. The number of fused-ring (bicyclic) bond motifs is 1. The van der Waals surface area contributed by atoms with E-state index in [0.29, 0.717) is 33.3 Å². The molecule has 190 valence electrons. The van der Waals surface area contributed by atoms with Crippen LogP contribution in [-0.2, 0) is 17.8 Å². The first-order valence-electron chi connectivity index (χ1n) is 12.0. The molecule has 0 unspecified atom stereocenters. The molecular weight excluding hydrogens is 502 g/mol. The van der Waals surface area contributed by atoms with E-state index in [2.05, 4.69) is 20.6 Å². The van der Waals surface area contributed by atoms with Gasteiger partial charge in [-0.1, -0.05) is 35.9 Å². The van der Waals surface area contributed by atoms with Crippen molar-refractivity contribution in [2.24, 2.45) is 0 Å². The molecule has 38 heavy (non-hydrogen) atoms. The zero-order chi connectivity index (χ0) is 26.6. The number of amides is 3. The normalized spacial score (nSPS) is 14.9. The maximum atomic E-state index is 13.7. The fourth-order valence-electron chi connectivity index (χ4n) is 4.32. The van der Waals surface area contributed by atoms with Gasteiger partial charge in [-0.05, 0) is 67.1 Å². The summed E-state index contributed by atoms with van der Waals surface area (Å²) in [7, 11) is 0. The number of anilines is 2. The van der Waals surface area contributed by atoms with Crippen molar-refractivity contribution in [3.63, 3.8) is 0 Å². The molecule has 0 saturated carbocycles. The number of hydrogen-bond acceptors (Lipinski definition) is 5. The molecule has 4 aromatic rings. The first-order chi connectivity index (χ1) is 18.4. The molecular formula is C29H24ClN5O3. The number of rotatable bonds is 6. The highest BCUT2D eigenvalue weighted by Crippen LogP contribution is 2.29. The fraction of sp³-hybridized carbons (Fsp3) is 0.138. The minimum Gasteiger partial charge on any atom is -0.323 e. The van der Waals surface area contributed by atoms with Gasteiger partial charge in [-0.3, -0.25) is 19.4 Å². The average Bonchev–Trinajstić information content (AvgIpc) is 3.00. The van der Waals surface area contributed by atoms with Crippen molar-refractivity contribution in [2.45, 2.75) is 25.9 Å². The molecule has 2 aromatic carbocycles. The Morgan fingerprint density at radius 1 is 1.03 bits per heavy atom. The number of aryl methyl sites for hydroxylation is 1. The Morgan fingerprint density at radius 2 is 1.84 bits per heavy atom. The van der Waals surface area contributed by atoms with Crippen LogP contribution in [0.5, 0.6) is 0 Å². The van der Waals surface area contributed by atoms with Crippen LogP contribution in [0.1, 0.15) is 37.8 Å². The molecule has 5 rings (SSSR count). The number of benzene rings is 2. The van der Waals surface area contributed by atoms with Gasteiger partial charge < -0.3 is 15.5 Å². The molecule has 3 heterocycles. The number of nitrogens with zero attached hydrogens (tertiary/aromatic N) is 3. The van der Waals surface area contributed by atoms with Crippen molar-refractivity contribution in [3.8, 4) is 0 Å². The fourth-order valence-corrected chi connectivity index (χ4v) is 4.49. The van der Waals surface area contributed by atoms with Crippen molar-refractivity contribution >= 4 is 40.7 Å². The van der Waals surface area contributed by atoms with E-state index >= 15 is 0 Å². The van der Waals surface area contributed by atoms with E-state index in [9.17, 15) is 14.4 Å². The van der Waals surface area contributed by atoms with E-state index in [1.54, 1.807) is 59.6 Å². The molecule has 0 saturated heterocycles. The van der Waals surface area contributed by atoms with Crippen molar-refractivity contribution in [1.82, 2.24) is 14.9 Å². The number of halogens is 1. The number of carbonyl (C=O) groups excluding carboxylic acids is 3. The molecule has 9 heteroatoms. The lowest BCUT2D eigenvalue weighted by molar-refractivity contribution is -0.120. The Kier molecular flexibility index (Phi) is 7.15. The standard InChI is InChI=1S/C29H24ClN5O3/c1-18-5-4-7-24(32-18)27(36)33-21-11-8-19(9-12-21)17-35-26(16-22-6-2-3-14-31-22)28(37)34-25-15-20(30)10-13-23(25)29(35)38/h2-15,26H,16-17H2,1H3,(H,33,36)(H,34,37)/t26-/m1/s1. The van der Waals surface area contributed by atoms with Gasteiger partial charge in [0.05, 0.1) is 11.3 Å². The van der Waals surface area contributed by atoms with Crippen LogP contribution in [0.2, 0.25) is 5.02 Å². The third-order valence-electron chi connectivity index (χ3n) is 6.22. The SMILES string of the molecule is Cc1cccc(C(=O)Nc2ccc(CN3C(=O)c4ccc(Cl)cc4NC(=O)[C@H]3Cc3ccccn3)cc2)n1. The highest BCUT2D eigenvalue weighted by Gasteiger charge is 2.35. The Balaban J connectivity index is 1.40. The second-order valence-corrected chi connectivity index (χ2v) is 9.40. The second kappa shape index (κ2) is 10.8. The Hall–Kier alpha value is -4.56. The number of pyridine rings is 2. The predicted octanol–water partition coefficient (Wildman–Crippen LogP) is 4.90. The summed E-state index contributed by atoms with van der Waals surface area (Å²) in [4.78, 5) is 49.8. The highest BCUT2D eigenvalue weighted by atomic mass is 35.5. The van der Waals surface area contributed by atoms with E-state index in [1.165, 1.54) is 0 Å². The minimum absolute atomic E-state index is 0.180. The third kappa shape index (κ3) is 5.55. The molecule has 2 N–H and O–H groups in total. The third-order valence-corrected chi connectivity index (χ3v) is 6.46. The van der Waals surface area contributed by atoms with Gasteiger partial charge in [0.25, 0.3) is 11.8 Å². The highest BCUT2D eigenvalue weighted by molar-refractivity contribution is 6.31. The van der Waals surface area contributed by atoms with Gasteiger partial charge >= 0.3 is 0 Å². The van der Waals surface area contributed by atoms with E-state index in [1.807, 2.05) is 37.3 Å². The zero-order valence-corrected chi connectivity index (χ0v) is 21.3. The number of carbonyl (C=O) groups is 3. The molecule has 1 aliphatic heterocycles. The predicted molar refractivity (Wildman–Crippen MR) is 145 cm³/mol. The number of nitrogens with one attached hydrogen (secondary N) is 2. The molecule has 2 aromatic heterocycles. The van der Waals surface area contributed by atoms with E-state index < -0.39 is 6.04 Å². The molecule has 8 nitrogen and oxygen atoms in total. The van der Waals surface area contributed by atoms with E-state index in [4.69, 9.17) is 11.6 Å². The summed E-state index contributed by atoms with van der Waals surface area (Å²) in [6.45, 7) is 2.00. The van der Waals surface area contributed by atoms with Gasteiger partial charge in [0.2, 0.25) is 5.91 Å². The van der Waals surface area contributed by atoms with Crippen LogP contribution in [0, 0.1) is 6.92 Å². The first kappa shape index (κ1) is 25.1. The Labute approximate surface area is 224 Å². The van der Waals surface area contributed by atoms with Crippen LogP contribution >= 0.6 is 11.6 Å². The molecule has 0 aliphatic carbocycles. The van der Waals surface area contributed by atoms with Crippen LogP contribution in [0.15, 0.2) is 85.1 Å². The summed E-state index contributed by atoms with van der Waals surface area (Å²) in [6, 6.07) is 21.9. The summed E-state index contributed by atoms with van der Waals surface area (Å²) in [6.07, 6.45) is 1.90. The molecule has 3 amide bonds. The van der Waals surface area contributed by atoms with Crippen LogP contribution < -0.4 is 10.6 Å². The number of hydrogen-bond donors (Lipinski definition) is 2. The van der Waals surface area contributed by atoms with Crippen LogP contribution in [0.4, 0.5) is 11.4 Å². The minimum atomic E-state index is -0.796. The quantitative estimate of drug-likeness (QED) is 0.373.